The quantitative estimate of drug-likeness (QED) is 0.624. The molecule has 1 rings (SSSR count). The number of nitrogens with one attached hydrogen (secondary N) is 1. The monoisotopic (exact) mass is 288 g/mol. The van der Waals surface area contributed by atoms with Gasteiger partial charge in [0.05, 0.1) is 11.5 Å². The standard InChI is InChI=1S/C12H20N2O4S/c1-9-3-4-10(13)7-12(9)19(16,17)14-11(5-6-15)8-18-2/h3-4,7,11,14-15H,5-6,8,13H2,1-2H3. The molecule has 1 aromatic carbocycles. The van der Waals surface area contributed by atoms with E-state index < -0.39 is 16.1 Å². The van der Waals surface area contributed by atoms with Crippen LogP contribution in [0.1, 0.15) is 12.0 Å². The first-order valence-electron chi connectivity index (χ1n) is 5.89. The van der Waals surface area contributed by atoms with Gasteiger partial charge in [0.25, 0.3) is 0 Å². The van der Waals surface area contributed by atoms with Gasteiger partial charge in [-0.3, -0.25) is 0 Å². The number of nitrogen functional groups attached to an aromatic ring is 1. The Labute approximate surface area is 113 Å². The number of nitrogens with two attached hydrogens (primary N) is 1. The lowest BCUT2D eigenvalue weighted by atomic mass is 10.2. The number of hydrogen-bond donors (Lipinski definition) is 3. The first kappa shape index (κ1) is 15.9. The van der Waals surface area contributed by atoms with Crippen molar-refractivity contribution in [2.75, 3.05) is 26.1 Å². The Morgan fingerprint density at radius 2 is 2.16 bits per heavy atom. The fourth-order valence-electron chi connectivity index (χ4n) is 1.72. The predicted octanol–water partition coefficient (Wildman–Crippen LogP) is 0.253. The molecule has 0 aliphatic carbocycles. The minimum absolute atomic E-state index is 0.119. The lowest BCUT2D eigenvalue weighted by Crippen LogP contribution is -2.38. The zero-order valence-electron chi connectivity index (χ0n) is 11.1. The molecule has 0 saturated heterocycles. The van der Waals surface area contributed by atoms with E-state index in [9.17, 15) is 8.42 Å². The Hall–Kier alpha value is -1.15. The lowest BCUT2D eigenvalue weighted by Gasteiger charge is -2.18. The van der Waals surface area contributed by atoms with Crippen molar-refractivity contribution in [1.82, 2.24) is 4.72 Å². The third-order valence-electron chi connectivity index (χ3n) is 2.67. The maximum atomic E-state index is 12.3. The summed E-state index contributed by atoms with van der Waals surface area (Å²) in [6, 6.07) is 4.25. The van der Waals surface area contributed by atoms with Crippen molar-refractivity contribution in [2.45, 2.75) is 24.3 Å². The maximum absolute atomic E-state index is 12.3. The van der Waals surface area contributed by atoms with Gasteiger partial charge in [0.15, 0.2) is 0 Å². The average molecular weight is 288 g/mol. The first-order valence-corrected chi connectivity index (χ1v) is 7.37. The molecule has 1 aromatic rings. The molecule has 0 fully saturated rings. The molecule has 0 amide bonds. The Kier molecular flexibility index (Phi) is 5.74. The lowest BCUT2D eigenvalue weighted by molar-refractivity contribution is 0.158. The number of anilines is 1. The number of aliphatic hydroxyl groups is 1. The van der Waals surface area contributed by atoms with Gasteiger partial charge in [-0.05, 0) is 31.0 Å². The molecule has 19 heavy (non-hydrogen) atoms. The molecule has 1 atom stereocenters. The number of methoxy groups -OCH3 is 1. The Bertz CT molecular complexity index is 510. The second kappa shape index (κ2) is 6.85. The summed E-state index contributed by atoms with van der Waals surface area (Å²) >= 11 is 0. The van der Waals surface area contributed by atoms with Crippen LogP contribution in [0.2, 0.25) is 0 Å². The van der Waals surface area contributed by atoms with Crippen LogP contribution in [-0.4, -0.2) is 39.9 Å². The third kappa shape index (κ3) is 4.46. The van der Waals surface area contributed by atoms with Crippen LogP contribution in [-0.2, 0) is 14.8 Å². The highest BCUT2D eigenvalue weighted by molar-refractivity contribution is 7.89. The van der Waals surface area contributed by atoms with E-state index in [4.69, 9.17) is 15.6 Å². The summed E-state index contributed by atoms with van der Waals surface area (Å²) in [6.45, 7) is 1.78. The fourth-order valence-corrected chi connectivity index (χ4v) is 3.26. The summed E-state index contributed by atoms with van der Waals surface area (Å²) in [5, 5.41) is 8.92. The van der Waals surface area contributed by atoms with Crippen molar-refractivity contribution in [2.24, 2.45) is 0 Å². The summed E-state index contributed by atoms with van der Waals surface area (Å²) in [5.74, 6) is 0. The van der Waals surface area contributed by atoms with E-state index in [0.29, 0.717) is 11.3 Å². The first-order chi connectivity index (χ1) is 8.90. The van der Waals surface area contributed by atoms with Gasteiger partial charge in [0.1, 0.15) is 0 Å². The zero-order chi connectivity index (χ0) is 14.5. The van der Waals surface area contributed by atoms with Crippen LogP contribution in [0.5, 0.6) is 0 Å². The van der Waals surface area contributed by atoms with E-state index in [0.717, 1.165) is 0 Å². The van der Waals surface area contributed by atoms with Crippen LogP contribution in [0.15, 0.2) is 23.1 Å². The normalized spacial score (nSPS) is 13.4. The maximum Gasteiger partial charge on any atom is 0.241 e. The van der Waals surface area contributed by atoms with Crippen LogP contribution >= 0.6 is 0 Å². The number of aryl methyl sites for hydroxylation is 1. The Balaban J connectivity index is 2.99. The predicted molar refractivity (Wildman–Crippen MR) is 73.3 cm³/mol. The molecule has 4 N–H and O–H groups in total. The number of aliphatic hydroxyl groups excluding tert-OH is 1. The number of sulfonamides is 1. The van der Waals surface area contributed by atoms with Crippen molar-refractivity contribution in [1.29, 1.82) is 0 Å². The molecular formula is C12H20N2O4S. The van der Waals surface area contributed by atoms with E-state index in [-0.39, 0.29) is 24.5 Å². The van der Waals surface area contributed by atoms with E-state index in [1.165, 1.54) is 13.2 Å². The van der Waals surface area contributed by atoms with Gasteiger partial charge in [-0.1, -0.05) is 6.07 Å². The van der Waals surface area contributed by atoms with E-state index >= 15 is 0 Å². The summed E-state index contributed by atoms with van der Waals surface area (Å²) in [7, 11) is -2.20. The molecule has 0 heterocycles. The smallest absolute Gasteiger partial charge is 0.241 e. The second-order valence-corrected chi connectivity index (χ2v) is 5.99. The molecule has 0 spiro atoms. The number of rotatable bonds is 7. The van der Waals surface area contributed by atoms with Crippen molar-refractivity contribution < 1.29 is 18.3 Å². The summed E-state index contributed by atoms with van der Waals surface area (Å²) in [4.78, 5) is 0.145. The van der Waals surface area contributed by atoms with E-state index in [1.807, 2.05) is 0 Å². The van der Waals surface area contributed by atoms with Gasteiger partial charge >= 0.3 is 0 Å². The van der Waals surface area contributed by atoms with Crippen LogP contribution in [0, 0.1) is 6.92 Å². The van der Waals surface area contributed by atoms with Crippen molar-refractivity contribution in [3.05, 3.63) is 23.8 Å². The minimum atomic E-state index is -3.68. The van der Waals surface area contributed by atoms with E-state index in [2.05, 4.69) is 4.72 Å². The molecule has 6 nitrogen and oxygen atoms in total. The summed E-state index contributed by atoms with van der Waals surface area (Å²) in [5.41, 5.74) is 6.61. The highest BCUT2D eigenvalue weighted by Gasteiger charge is 2.21. The van der Waals surface area contributed by atoms with Crippen LogP contribution in [0.3, 0.4) is 0 Å². The van der Waals surface area contributed by atoms with Crippen molar-refractivity contribution >= 4 is 15.7 Å². The Morgan fingerprint density at radius 1 is 1.47 bits per heavy atom. The molecule has 0 aromatic heterocycles. The molecular weight excluding hydrogens is 268 g/mol. The largest absolute Gasteiger partial charge is 0.399 e. The number of benzene rings is 1. The fraction of sp³-hybridized carbons (Fsp3) is 0.500. The van der Waals surface area contributed by atoms with Gasteiger partial charge in [0.2, 0.25) is 10.0 Å². The highest BCUT2D eigenvalue weighted by Crippen LogP contribution is 2.18. The minimum Gasteiger partial charge on any atom is -0.399 e. The highest BCUT2D eigenvalue weighted by atomic mass is 32.2. The molecule has 7 heteroatoms. The summed E-state index contributed by atoms with van der Waals surface area (Å²) in [6.07, 6.45) is 0.286. The molecule has 0 aliphatic heterocycles. The topological polar surface area (TPSA) is 102 Å². The van der Waals surface area contributed by atoms with Gasteiger partial charge in [-0.25, -0.2) is 13.1 Å². The molecule has 0 saturated carbocycles. The van der Waals surface area contributed by atoms with Gasteiger partial charge in [-0.2, -0.15) is 0 Å². The van der Waals surface area contributed by atoms with Crippen LogP contribution in [0.25, 0.3) is 0 Å². The van der Waals surface area contributed by atoms with Crippen LogP contribution in [0.4, 0.5) is 5.69 Å². The number of ether oxygens (including phenoxy) is 1. The molecule has 1 unspecified atom stereocenters. The van der Waals surface area contributed by atoms with Crippen molar-refractivity contribution in [3.63, 3.8) is 0 Å². The Morgan fingerprint density at radius 3 is 2.74 bits per heavy atom. The molecule has 0 radical (unpaired) electrons. The molecule has 0 bridgehead atoms. The second-order valence-electron chi connectivity index (χ2n) is 4.31. The van der Waals surface area contributed by atoms with Crippen LogP contribution < -0.4 is 10.5 Å². The number of hydrogen-bond acceptors (Lipinski definition) is 5. The van der Waals surface area contributed by atoms with Gasteiger partial charge in [0, 0.05) is 25.4 Å². The average Bonchev–Trinajstić information content (AvgIpc) is 2.32. The summed E-state index contributed by atoms with van der Waals surface area (Å²) < 4.78 is 32.0. The van der Waals surface area contributed by atoms with Crippen molar-refractivity contribution in [3.8, 4) is 0 Å². The molecule has 0 aliphatic rings. The van der Waals surface area contributed by atoms with Gasteiger partial charge < -0.3 is 15.6 Å². The molecule has 108 valence electrons. The SMILES string of the molecule is COCC(CCO)NS(=O)(=O)c1cc(N)ccc1C. The van der Waals surface area contributed by atoms with Gasteiger partial charge in [-0.15, -0.1) is 0 Å². The zero-order valence-corrected chi connectivity index (χ0v) is 11.9. The van der Waals surface area contributed by atoms with E-state index in [1.54, 1.807) is 19.1 Å². The third-order valence-corrected chi connectivity index (χ3v) is 4.33.